The molecule has 5 N–H and O–H groups in total. The molecule has 0 aromatic rings. The van der Waals surface area contributed by atoms with Gasteiger partial charge in [-0.2, -0.15) is 0 Å². The number of nitrogens with two attached hydrogens (primary N) is 1. The summed E-state index contributed by atoms with van der Waals surface area (Å²) in [5, 5.41) is 13.6. The highest BCUT2D eigenvalue weighted by atomic mass is 31.2. The lowest BCUT2D eigenvalue weighted by Gasteiger charge is -2.25. The van der Waals surface area contributed by atoms with Gasteiger partial charge in [0.05, 0.1) is 25.4 Å². The lowest BCUT2D eigenvalue weighted by molar-refractivity contribution is -0.123. The summed E-state index contributed by atoms with van der Waals surface area (Å²) in [7, 11) is -4.29. The normalized spacial score (nSPS) is 14.6. The van der Waals surface area contributed by atoms with Crippen LogP contribution in [-0.4, -0.2) is 47.8 Å². The molecule has 0 fully saturated rings. The number of carbonyl (C=O) groups is 1. The van der Waals surface area contributed by atoms with Crippen LogP contribution in [0.4, 0.5) is 0 Å². The number of nitrogens with one attached hydrogen (secondary N) is 1. The quantitative estimate of drug-likeness (QED) is 0.0475. The number of aliphatic hydroxyl groups is 1. The fourth-order valence-corrected chi connectivity index (χ4v) is 5.66. The third-order valence-corrected chi connectivity index (χ3v) is 8.45. The zero-order valence-corrected chi connectivity index (χ0v) is 27.0. The summed E-state index contributed by atoms with van der Waals surface area (Å²) in [6, 6.07) is -0.763. The molecule has 240 valence electrons. The van der Waals surface area contributed by atoms with E-state index < -0.39 is 20.0 Å². The van der Waals surface area contributed by atoms with Gasteiger partial charge in [-0.1, -0.05) is 142 Å². The van der Waals surface area contributed by atoms with Crippen LogP contribution in [-0.2, 0) is 18.4 Å². The van der Waals surface area contributed by atoms with Gasteiger partial charge in [0.1, 0.15) is 0 Å². The van der Waals surface area contributed by atoms with Crippen molar-refractivity contribution < 1.29 is 28.4 Å². The van der Waals surface area contributed by atoms with E-state index in [1.807, 2.05) is 0 Å². The Morgan fingerprint density at radius 3 is 1.60 bits per heavy atom. The Labute approximate surface area is 246 Å². The van der Waals surface area contributed by atoms with E-state index in [0.717, 1.165) is 38.5 Å². The van der Waals surface area contributed by atoms with E-state index >= 15 is 0 Å². The van der Waals surface area contributed by atoms with Crippen LogP contribution in [0.3, 0.4) is 0 Å². The Bertz CT molecular complexity index is 610. The minimum atomic E-state index is -4.29. The molecule has 0 aromatic heterocycles. The zero-order valence-electron chi connectivity index (χ0n) is 26.1. The van der Waals surface area contributed by atoms with Gasteiger partial charge >= 0.3 is 7.82 Å². The lowest BCUT2D eigenvalue weighted by Crippen LogP contribution is -2.46. The highest BCUT2D eigenvalue weighted by molar-refractivity contribution is 7.47. The van der Waals surface area contributed by atoms with E-state index in [2.05, 4.69) is 19.2 Å². The van der Waals surface area contributed by atoms with Crippen molar-refractivity contribution in [1.29, 1.82) is 0 Å². The molecule has 3 atom stereocenters. The molecule has 0 bridgehead atoms. The molecule has 9 heteroatoms. The first-order chi connectivity index (χ1) is 19.4. The van der Waals surface area contributed by atoms with Crippen molar-refractivity contribution in [2.75, 3.05) is 19.8 Å². The Morgan fingerprint density at radius 2 is 1.15 bits per heavy atom. The Balaban J connectivity index is 4.29. The van der Waals surface area contributed by atoms with Crippen LogP contribution in [0.25, 0.3) is 0 Å². The van der Waals surface area contributed by atoms with E-state index in [4.69, 9.17) is 14.8 Å². The number of hydrogen-bond donors (Lipinski definition) is 4. The van der Waals surface area contributed by atoms with Crippen molar-refractivity contribution in [3.05, 3.63) is 0 Å². The van der Waals surface area contributed by atoms with Crippen molar-refractivity contribution in [3.8, 4) is 0 Å². The molecule has 0 aliphatic carbocycles. The Morgan fingerprint density at radius 1 is 0.725 bits per heavy atom. The molecule has 40 heavy (non-hydrogen) atoms. The van der Waals surface area contributed by atoms with Crippen LogP contribution in [0.2, 0.25) is 0 Å². The van der Waals surface area contributed by atoms with Gasteiger partial charge in [0.2, 0.25) is 5.91 Å². The number of phosphoric acid groups is 1. The third-order valence-electron chi connectivity index (χ3n) is 7.46. The van der Waals surface area contributed by atoms with E-state index in [-0.39, 0.29) is 25.7 Å². The number of rotatable bonds is 31. The molecule has 0 aromatic carbocycles. The molecule has 0 rings (SSSR count). The summed E-state index contributed by atoms with van der Waals surface area (Å²) in [6.45, 7) is 4.15. The first-order valence-corrected chi connectivity index (χ1v) is 18.1. The van der Waals surface area contributed by atoms with Crippen molar-refractivity contribution in [1.82, 2.24) is 5.32 Å². The Kier molecular flexibility index (Phi) is 28.3. The summed E-state index contributed by atoms with van der Waals surface area (Å²) in [4.78, 5) is 22.4. The first-order valence-electron chi connectivity index (χ1n) is 16.7. The maximum Gasteiger partial charge on any atom is 0.472 e. The molecule has 1 amide bonds. The second-order valence-electron chi connectivity index (χ2n) is 11.4. The largest absolute Gasteiger partial charge is 0.472 e. The van der Waals surface area contributed by atoms with Crippen LogP contribution in [0.1, 0.15) is 162 Å². The van der Waals surface area contributed by atoms with Crippen LogP contribution in [0.5, 0.6) is 0 Å². The van der Waals surface area contributed by atoms with Crippen LogP contribution < -0.4 is 11.1 Å². The number of aliphatic hydroxyl groups excluding tert-OH is 1. The topological polar surface area (TPSA) is 131 Å². The molecule has 0 aliphatic rings. The van der Waals surface area contributed by atoms with E-state index in [0.29, 0.717) is 12.8 Å². The van der Waals surface area contributed by atoms with Gasteiger partial charge in [-0.15, -0.1) is 0 Å². The number of phosphoric ester groups is 1. The van der Waals surface area contributed by atoms with Crippen molar-refractivity contribution in [2.45, 2.75) is 174 Å². The lowest BCUT2D eigenvalue weighted by atomic mass is 10.0. The summed E-state index contributed by atoms with van der Waals surface area (Å²) in [5.74, 6) is -0.167. The minimum Gasteiger partial charge on any atom is -0.391 e. The van der Waals surface area contributed by atoms with E-state index in [1.165, 1.54) is 96.3 Å². The summed E-state index contributed by atoms with van der Waals surface area (Å²) < 4.78 is 21.9. The summed E-state index contributed by atoms with van der Waals surface area (Å²) >= 11 is 0. The predicted octanol–water partition coefficient (Wildman–Crippen LogP) is 7.94. The SMILES string of the molecule is CCCCCCCCCCCCCCC[C@@H](O)[C@H](COP(=O)(O)OCCN)NC(=O)CCCCCCCCCC. The van der Waals surface area contributed by atoms with Gasteiger partial charge in [0.25, 0.3) is 0 Å². The molecule has 8 nitrogen and oxygen atoms in total. The maximum atomic E-state index is 12.6. The number of unbranched alkanes of at least 4 members (excludes halogenated alkanes) is 19. The van der Waals surface area contributed by atoms with Crippen molar-refractivity contribution >= 4 is 13.7 Å². The standard InChI is InChI=1S/C31H65N2O6P/c1-3-5-7-9-11-13-14-15-16-17-18-20-22-24-30(34)29(28-39-40(36,37)38-27-26-32)33-31(35)25-23-21-19-12-10-8-6-4-2/h29-30,34H,3-28,32H2,1-2H3,(H,33,35)(H,36,37)/t29-,30+/m0/s1. The fourth-order valence-electron chi connectivity index (χ4n) is 4.90. The molecule has 0 spiro atoms. The highest BCUT2D eigenvalue weighted by Gasteiger charge is 2.27. The number of carbonyl (C=O) groups excluding carboxylic acids is 1. The molecule has 0 radical (unpaired) electrons. The third kappa shape index (κ3) is 26.4. The maximum absolute atomic E-state index is 12.6. The molecule has 0 saturated heterocycles. The van der Waals surface area contributed by atoms with Gasteiger partial charge in [-0.25, -0.2) is 4.57 Å². The Hall–Kier alpha value is -0.500. The molecule has 0 saturated carbocycles. The fraction of sp³-hybridized carbons (Fsp3) is 0.968. The number of amides is 1. The molecular formula is C31H65N2O6P. The highest BCUT2D eigenvalue weighted by Crippen LogP contribution is 2.43. The van der Waals surface area contributed by atoms with Gasteiger partial charge < -0.3 is 21.1 Å². The average molecular weight is 593 g/mol. The summed E-state index contributed by atoms with van der Waals surface area (Å²) in [6.07, 6.45) is 25.4. The second-order valence-corrected chi connectivity index (χ2v) is 12.8. The molecule has 0 aliphatic heterocycles. The van der Waals surface area contributed by atoms with Gasteiger partial charge in [-0.3, -0.25) is 13.8 Å². The van der Waals surface area contributed by atoms with Crippen LogP contribution in [0.15, 0.2) is 0 Å². The van der Waals surface area contributed by atoms with Crippen LogP contribution in [0, 0.1) is 0 Å². The van der Waals surface area contributed by atoms with Crippen LogP contribution >= 0.6 is 7.82 Å². The molecule has 0 heterocycles. The summed E-state index contributed by atoms with van der Waals surface area (Å²) in [5.41, 5.74) is 5.33. The number of hydrogen-bond acceptors (Lipinski definition) is 6. The molecular weight excluding hydrogens is 527 g/mol. The van der Waals surface area contributed by atoms with Gasteiger partial charge in [0.15, 0.2) is 0 Å². The minimum absolute atomic E-state index is 0.0916. The van der Waals surface area contributed by atoms with Crippen molar-refractivity contribution in [2.24, 2.45) is 5.73 Å². The first kappa shape index (κ1) is 39.5. The van der Waals surface area contributed by atoms with Gasteiger partial charge in [0, 0.05) is 13.0 Å². The zero-order chi connectivity index (χ0) is 29.7. The van der Waals surface area contributed by atoms with E-state index in [9.17, 15) is 19.4 Å². The average Bonchev–Trinajstić information content (AvgIpc) is 2.93. The van der Waals surface area contributed by atoms with Gasteiger partial charge in [-0.05, 0) is 12.8 Å². The predicted molar refractivity (Wildman–Crippen MR) is 166 cm³/mol. The van der Waals surface area contributed by atoms with E-state index in [1.54, 1.807) is 0 Å². The smallest absolute Gasteiger partial charge is 0.391 e. The second kappa shape index (κ2) is 28.6. The monoisotopic (exact) mass is 592 g/mol. The molecule has 1 unspecified atom stereocenters. The van der Waals surface area contributed by atoms with Crippen molar-refractivity contribution in [3.63, 3.8) is 0 Å².